The molecule has 3 nitrogen and oxygen atoms in total. The van der Waals surface area contributed by atoms with Crippen LogP contribution in [0.1, 0.15) is 48.6 Å². The molecule has 0 atom stereocenters. The molecule has 0 saturated carbocycles. The summed E-state index contributed by atoms with van der Waals surface area (Å²) >= 11 is 3.90. The highest BCUT2D eigenvalue weighted by Gasteiger charge is 2.46. The van der Waals surface area contributed by atoms with Gasteiger partial charge in [0.05, 0.1) is 51.8 Å². The number of hydrogen-bond donors (Lipinski definition) is 0. The van der Waals surface area contributed by atoms with Crippen LogP contribution in [0.15, 0.2) is 158 Å². The largest absolute Gasteiger partial charge is 0.292 e. The molecule has 13 rings (SSSR count). The minimum absolute atomic E-state index is 0.0189. The molecule has 5 heterocycles. The Morgan fingerprint density at radius 2 is 0.946 bits per heavy atom. The van der Waals surface area contributed by atoms with Crippen molar-refractivity contribution in [3.05, 3.63) is 186 Å². The minimum atomic E-state index is -0.507. The summed E-state index contributed by atoms with van der Waals surface area (Å²) in [4.78, 5) is 0. The summed E-state index contributed by atoms with van der Waals surface area (Å²) in [6.07, 6.45) is 0. The summed E-state index contributed by atoms with van der Waals surface area (Å²) in [7, 11) is 0. The van der Waals surface area contributed by atoms with Crippen LogP contribution in [0.3, 0.4) is 0 Å². The van der Waals surface area contributed by atoms with Crippen LogP contribution in [-0.2, 0) is 10.8 Å². The molecule has 5 heteroatoms. The summed E-state index contributed by atoms with van der Waals surface area (Å²) in [5, 5.41) is 2.58. The van der Waals surface area contributed by atoms with Gasteiger partial charge in [-0.25, -0.2) is 0 Å². The van der Waals surface area contributed by atoms with Gasteiger partial charge in [0, 0.05) is 10.8 Å². The zero-order valence-electron chi connectivity index (χ0n) is 31.2. The molecule has 0 saturated heterocycles. The zero-order chi connectivity index (χ0) is 37.1. The Morgan fingerprint density at radius 1 is 0.446 bits per heavy atom. The normalized spacial score (nSPS) is 14.1. The highest BCUT2D eigenvalue weighted by molar-refractivity contribution is 7.28. The van der Waals surface area contributed by atoms with Crippen molar-refractivity contribution in [2.75, 3.05) is 0 Å². The summed E-state index contributed by atoms with van der Waals surface area (Å²) in [6.45, 7) is 7.01. The van der Waals surface area contributed by atoms with Crippen LogP contribution in [0.2, 0.25) is 0 Å². The highest BCUT2D eigenvalue weighted by Crippen LogP contribution is 2.57. The molecule has 0 radical (unpaired) electrons. The molecule has 266 valence electrons. The first-order valence-corrected chi connectivity index (χ1v) is 21.1. The molecule has 0 spiro atoms. The average molecular weight is 754 g/mol. The van der Waals surface area contributed by atoms with E-state index in [9.17, 15) is 0 Å². The number of benzene rings is 7. The van der Waals surface area contributed by atoms with Crippen molar-refractivity contribution < 1.29 is 0 Å². The third-order valence-electron chi connectivity index (χ3n) is 12.6. The quantitative estimate of drug-likeness (QED) is 0.167. The Labute approximate surface area is 330 Å². The van der Waals surface area contributed by atoms with Gasteiger partial charge in [-0.15, -0.1) is 22.7 Å². The molecule has 1 aliphatic rings. The Bertz CT molecular complexity index is 3560. The van der Waals surface area contributed by atoms with Gasteiger partial charge in [0.25, 0.3) is 0 Å². The van der Waals surface area contributed by atoms with Gasteiger partial charge in [-0.05, 0) is 80.8 Å². The van der Waals surface area contributed by atoms with Crippen LogP contribution in [0, 0.1) is 0 Å². The van der Waals surface area contributed by atoms with E-state index in [4.69, 9.17) is 0 Å². The number of rotatable bonds is 2. The van der Waals surface area contributed by atoms with E-state index in [1.807, 2.05) is 22.7 Å². The van der Waals surface area contributed by atoms with Crippen LogP contribution in [0.5, 0.6) is 0 Å². The molecule has 0 fully saturated rings. The smallest absolute Gasteiger partial charge is 0.142 e. The van der Waals surface area contributed by atoms with E-state index in [0.717, 1.165) is 0 Å². The first-order valence-electron chi connectivity index (χ1n) is 19.4. The molecule has 0 bridgehead atoms. The van der Waals surface area contributed by atoms with Gasteiger partial charge in [-0.2, -0.15) is 0 Å². The molecule has 0 unspecified atom stereocenters. The maximum Gasteiger partial charge on any atom is 0.142 e. The molecule has 0 amide bonds. The van der Waals surface area contributed by atoms with Gasteiger partial charge in [0.1, 0.15) is 11.3 Å². The SMILES string of the molecule is CC(C)(C)c1cc2sc3c4ccccc4n4c5cc6c(cc5n5c7ccccc7c7sc(c1)c2n(c34)c75)C(c1ccccc1)(c1ccccc1)c1ccccc1-6. The van der Waals surface area contributed by atoms with Crippen molar-refractivity contribution in [1.29, 1.82) is 0 Å². The standard InChI is InChI=1S/C51H35N3S2/c1-50(2,3)32-26-43-45-44(27-32)56-47-35-22-12-15-25-40(35)53-42-29-38-36(28-41(42)52-39-24-14-11-21-34(39)46(55-43)48(52)54(45)49(47)53)33-20-10-13-23-37(33)51(38,30-16-6-4-7-17-30)31-18-8-5-9-19-31/h4-29H,1-3H3. The van der Waals surface area contributed by atoms with Gasteiger partial charge in [-0.3, -0.25) is 13.2 Å². The van der Waals surface area contributed by atoms with E-state index in [-0.39, 0.29) is 5.41 Å². The lowest BCUT2D eigenvalue weighted by molar-refractivity contribution is 0.592. The van der Waals surface area contributed by atoms with E-state index >= 15 is 0 Å². The van der Waals surface area contributed by atoms with Crippen molar-refractivity contribution in [2.24, 2.45) is 0 Å². The Morgan fingerprint density at radius 3 is 1.52 bits per heavy atom. The van der Waals surface area contributed by atoms with Crippen molar-refractivity contribution in [3.63, 3.8) is 0 Å². The number of para-hydroxylation sites is 2. The molecule has 7 aromatic carbocycles. The second-order valence-corrected chi connectivity index (χ2v) is 18.6. The lowest BCUT2D eigenvalue weighted by Gasteiger charge is -2.34. The van der Waals surface area contributed by atoms with E-state index in [1.165, 1.54) is 107 Å². The fourth-order valence-corrected chi connectivity index (χ4v) is 12.8. The number of aromatic nitrogens is 3. The average Bonchev–Trinajstić information content (AvgIpc) is 3.81. The Balaban J connectivity index is 1.36. The zero-order valence-corrected chi connectivity index (χ0v) is 32.8. The first-order chi connectivity index (χ1) is 27.4. The van der Waals surface area contributed by atoms with Crippen LogP contribution >= 0.6 is 22.7 Å². The highest BCUT2D eigenvalue weighted by atomic mass is 32.1. The summed E-state index contributed by atoms with van der Waals surface area (Å²) in [6, 6.07) is 59.6. The third kappa shape index (κ3) is 3.69. The molecule has 5 aromatic heterocycles. The molecular weight excluding hydrogens is 719 g/mol. The van der Waals surface area contributed by atoms with E-state index in [0.29, 0.717) is 0 Å². The number of fused-ring (bicyclic) bond motifs is 12. The predicted molar refractivity (Wildman–Crippen MR) is 239 cm³/mol. The summed E-state index contributed by atoms with van der Waals surface area (Å²) in [5.74, 6) is 0. The Kier molecular flexibility index (Phi) is 5.88. The van der Waals surface area contributed by atoms with Crippen molar-refractivity contribution in [1.82, 2.24) is 13.2 Å². The second-order valence-electron chi connectivity index (χ2n) is 16.5. The molecule has 12 aromatic rings. The van der Waals surface area contributed by atoms with Gasteiger partial charge < -0.3 is 0 Å². The van der Waals surface area contributed by atoms with Gasteiger partial charge >= 0.3 is 0 Å². The summed E-state index contributed by atoms with van der Waals surface area (Å²) in [5.41, 5.74) is 17.3. The van der Waals surface area contributed by atoms with Crippen molar-refractivity contribution in [2.45, 2.75) is 31.6 Å². The summed E-state index contributed by atoms with van der Waals surface area (Å²) < 4.78 is 13.1. The number of hydrogen-bond acceptors (Lipinski definition) is 2. The van der Waals surface area contributed by atoms with Crippen molar-refractivity contribution >= 4 is 91.1 Å². The predicted octanol–water partition coefficient (Wildman–Crippen LogP) is 14.0. The number of nitrogens with zero attached hydrogens (tertiary/aromatic N) is 3. The minimum Gasteiger partial charge on any atom is -0.292 e. The molecule has 0 aliphatic heterocycles. The third-order valence-corrected chi connectivity index (χ3v) is 14.9. The van der Waals surface area contributed by atoms with Gasteiger partial charge in [-0.1, -0.05) is 142 Å². The maximum atomic E-state index is 2.63. The van der Waals surface area contributed by atoms with Gasteiger partial charge in [0.15, 0.2) is 0 Å². The molecule has 1 aliphatic carbocycles. The van der Waals surface area contributed by atoms with Crippen LogP contribution in [0.25, 0.3) is 79.6 Å². The van der Waals surface area contributed by atoms with E-state index in [1.54, 1.807) is 0 Å². The van der Waals surface area contributed by atoms with Crippen LogP contribution in [-0.4, -0.2) is 13.2 Å². The fourth-order valence-electron chi connectivity index (χ4n) is 10.2. The maximum absolute atomic E-state index is 2.63. The Hall–Kier alpha value is -6.14. The molecule has 0 N–H and O–H groups in total. The van der Waals surface area contributed by atoms with Gasteiger partial charge in [0.2, 0.25) is 0 Å². The first kappa shape index (κ1) is 31.1. The second kappa shape index (κ2) is 10.6. The van der Waals surface area contributed by atoms with E-state index in [2.05, 4.69) is 192 Å². The molecule has 56 heavy (non-hydrogen) atoms. The lowest BCUT2D eigenvalue weighted by atomic mass is 9.67. The van der Waals surface area contributed by atoms with Crippen molar-refractivity contribution in [3.8, 4) is 11.1 Å². The fraction of sp³-hybridized carbons (Fsp3) is 0.0980. The lowest BCUT2D eigenvalue weighted by Crippen LogP contribution is -2.28. The molecular formula is C51H35N3S2. The van der Waals surface area contributed by atoms with Crippen LogP contribution in [0.4, 0.5) is 0 Å². The monoisotopic (exact) mass is 753 g/mol. The van der Waals surface area contributed by atoms with E-state index < -0.39 is 5.41 Å². The van der Waals surface area contributed by atoms with Crippen LogP contribution < -0.4 is 0 Å². The topological polar surface area (TPSA) is 13.2 Å².